The van der Waals surface area contributed by atoms with Gasteiger partial charge in [0, 0.05) is 20.5 Å². The summed E-state index contributed by atoms with van der Waals surface area (Å²) < 4.78 is 56.1. The number of nitrogens with one attached hydrogen (secondary N) is 1. The minimum atomic E-state index is -3.63. The Morgan fingerprint density at radius 2 is 1.71 bits per heavy atom. The summed E-state index contributed by atoms with van der Waals surface area (Å²) in [6, 6.07) is 10.4. The third-order valence-electron chi connectivity index (χ3n) is 4.40. The Morgan fingerprint density at radius 3 is 2.32 bits per heavy atom. The lowest BCUT2D eigenvalue weighted by atomic mass is 10.3. The molecule has 0 aliphatic rings. The number of benzene rings is 2. The fourth-order valence-corrected chi connectivity index (χ4v) is 5.80. The Balaban J connectivity index is 1.68. The number of rotatable bonds is 8. The maximum Gasteiger partial charge on any atom is 0.242 e. The summed E-state index contributed by atoms with van der Waals surface area (Å²) in [5.74, 6) is -0.326. The van der Waals surface area contributed by atoms with E-state index in [1.807, 2.05) is 0 Å². The maximum atomic E-state index is 12.4. The Bertz CT molecular complexity index is 1310. The van der Waals surface area contributed by atoms with Crippen molar-refractivity contribution in [1.29, 1.82) is 0 Å². The van der Waals surface area contributed by atoms with Gasteiger partial charge in [0.15, 0.2) is 15.0 Å². The van der Waals surface area contributed by atoms with Crippen molar-refractivity contribution in [2.45, 2.75) is 16.2 Å². The fourth-order valence-electron chi connectivity index (χ4n) is 2.64. The molecule has 3 rings (SSSR count). The van der Waals surface area contributed by atoms with E-state index in [9.17, 15) is 21.6 Å². The van der Waals surface area contributed by atoms with Crippen molar-refractivity contribution < 1.29 is 26.4 Å². The molecule has 0 saturated carbocycles. The molecule has 2 aromatic carbocycles. The monoisotopic (exact) mass is 483 g/mol. The molecule has 3 aromatic rings. The molecule has 12 heteroatoms. The average Bonchev–Trinajstić information content (AvgIpc) is 3.13. The first-order valence-electron chi connectivity index (χ1n) is 9.03. The first kappa shape index (κ1) is 23.1. The predicted octanol–water partition coefficient (Wildman–Crippen LogP) is 2.36. The Kier molecular flexibility index (Phi) is 6.65. The lowest BCUT2D eigenvalue weighted by Gasteiger charge is -2.10. The molecule has 0 spiro atoms. The average molecular weight is 484 g/mol. The summed E-state index contributed by atoms with van der Waals surface area (Å²) in [6.07, 6.45) is -0.245. The molecule has 0 atom stereocenters. The number of nitrogens with zero attached hydrogens (tertiary/aromatic N) is 2. The van der Waals surface area contributed by atoms with E-state index in [4.69, 9.17) is 4.74 Å². The highest BCUT2D eigenvalue weighted by Crippen LogP contribution is 2.29. The summed E-state index contributed by atoms with van der Waals surface area (Å²) in [5.41, 5.74) is 0.531. The van der Waals surface area contributed by atoms with Crippen molar-refractivity contribution in [1.82, 2.24) is 9.29 Å². The minimum absolute atomic E-state index is 0.107. The van der Waals surface area contributed by atoms with E-state index in [1.165, 1.54) is 45.5 Å². The molecular weight excluding hydrogens is 462 g/mol. The van der Waals surface area contributed by atoms with E-state index in [2.05, 4.69) is 10.3 Å². The van der Waals surface area contributed by atoms with E-state index in [-0.39, 0.29) is 27.1 Å². The number of fused-ring (bicyclic) bond motifs is 1. The van der Waals surface area contributed by atoms with Gasteiger partial charge in [0.2, 0.25) is 15.9 Å². The Labute approximate surface area is 184 Å². The highest BCUT2D eigenvalue weighted by Gasteiger charge is 2.20. The SMILES string of the molecule is COc1ccc(S(=O)(=O)CCC(=O)Nc2nc3ccc(S(=O)(=O)N(C)C)cc3s2)cc1. The molecule has 1 amide bonds. The van der Waals surface area contributed by atoms with Crippen LogP contribution in [0.3, 0.4) is 0 Å². The quantitative estimate of drug-likeness (QED) is 0.522. The molecular formula is C19H21N3O6S3. The number of carbonyl (C=O) groups is 1. The van der Waals surface area contributed by atoms with Gasteiger partial charge in [0.1, 0.15) is 5.75 Å². The molecule has 0 saturated heterocycles. The number of amides is 1. The Hall–Kier alpha value is -2.54. The second-order valence-electron chi connectivity index (χ2n) is 6.73. The van der Waals surface area contributed by atoms with E-state index in [0.717, 1.165) is 15.6 Å². The standard InChI is InChI=1S/C19H21N3O6S3/c1-22(2)31(26,27)15-8-9-16-17(12-15)29-19(20-16)21-18(23)10-11-30(24,25)14-6-4-13(28-3)5-7-14/h4-9,12H,10-11H2,1-3H3,(H,20,21,23). The summed E-state index contributed by atoms with van der Waals surface area (Å²) in [5, 5.41) is 2.84. The zero-order valence-corrected chi connectivity index (χ0v) is 19.5. The highest BCUT2D eigenvalue weighted by molar-refractivity contribution is 7.91. The summed E-state index contributed by atoms with van der Waals surface area (Å²) in [6.45, 7) is 0. The molecule has 0 fully saturated rings. The molecule has 1 aromatic heterocycles. The zero-order chi connectivity index (χ0) is 22.8. The summed E-state index contributed by atoms with van der Waals surface area (Å²) in [4.78, 5) is 16.7. The van der Waals surface area contributed by atoms with E-state index >= 15 is 0 Å². The molecule has 9 nitrogen and oxygen atoms in total. The number of thiazole rings is 1. The predicted molar refractivity (Wildman–Crippen MR) is 119 cm³/mol. The van der Waals surface area contributed by atoms with Gasteiger partial charge in [-0.3, -0.25) is 4.79 Å². The topological polar surface area (TPSA) is 123 Å². The maximum absolute atomic E-state index is 12.4. The van der Waals surface area contributed by atoms with Crippen LogP contribution < -0.4 is 10.1 Å². The number of methoxy groups -OCH3 is 1. The largest absolute Gasteiger partial charge is 0.497 e. The van der Waals surface area contributed by atoms with Gasteiger partial charge in [0.25, 0.3) is 0 Å². The molecule has 0 unspecified atom stereocenters. The van der Waals surface area contributed by atoms with Gasteiger partial charge >= 0.3 is 0 Å². The molecule has 1 N–H and O–H groups in total. The van der Waals surface area contributed by atoms with Crippen molar-refractivity contribution in [3.8, 4) is 5.75 Å². The van der Waals surface area contributed by atoms with Gasteiger partial charge in [-0.15, -0.1) is 0 Å². The molecule has 0 radical (unpaired) electrons. The van der Waals surface area contributed by atoms with Crippen molar-refractivity contribution in [3.63, 3.8) is 0 Å². The number of sulfonamides is 1. The van der Waals surface area contributed by atoms with Crippen molar-refractivity contribution >= 4 is 52.5 Å². The van der Waals surface area contributed by atoms with Gasteiger partial charge in [-0.1, -0.05) is 11.3 Å². The van der Waals surface area contributed by atoms with Crippen LogP contribution in [0.15, 0.2) is 52.3 Å². The third kappa shape index (κ3) is 5.21. The van der Waals surface area contributed by atoms with Crippen LogP contribution in [0.4, 0.5) is 5.13 Å². The van der Waals surface area contributed by atoms with Crippen LogP contribution in [0.1, 0.15) is 6.42 Å². The van der Waals surface area contributed by atoms with Gasteiger partial charge in [-0.2, -0.15) is 0 Å². The second-order valence-corrected chi connectivity index (χ2v) is 12.0. The van der Waals surface area contributed by atoms with Crippen LogP contribution in [-0.4, -0.2) is 59.0 Å². The van der Waals surface area contributed by atoms with Crippen molar-refractivity contribution in [2.24, 2.45) is 0 Å². The van der Waals surface area contributed by atoms with Crippen LogP contribution in [0.25, 0.3) is 10.2 Å². The number of hydrogen-bond donors (Lipinski definition) is 1. The van der Waals surface area contributed by atoms with Crippen LogP contribution >= 0.6 is 11.3 Å². The number of ether oxygens (including phenoxy) is 1. The Morgan fingerprint density at radius 1 is 1.06 bits per heavy atom. The van der Waals surface area contributed by atoms with Crippen LogP contribution in [0, 0.1) is 0 Å². The normalized spacial score (nSPS) is 12.3. The van der Waals surface area contributed by atoms with E-state index in [1.54, 1.807) is 18.2 Å². The molecule has 1 heterocycles. The number of carbonyl (C=O) groups excluding carboxylic acids is 1. The van der Waals surface area contributed by atoms with Gasteiger partial charge in [0.05, 0.1) is 32.9 Å². The van der Waals surface area contributed by atoms with Crippen LogP contribution in [0.2, 0.25) is 0 Å². The van der Waals surface area contributed by atoms with Gasteiger partial charge < -0.3 is 10.1 Å². The van der Waals surface area contributed by atoms with E-state index in [0.29, 0.717) is 16.0 Å². The molecule has 31 heavy (non-hydrogen) atoms. The first-order valence-corrected chi connectivity index (χ1v) is 12.9. The van der Waals surface area contributed by atoms with Crippen molar-refractivity contribution in [3.05, 3.63) is 42.5 Å². The number of anilines is 1. The smallest absolute Gasteiger partial charge is 0.242 e. The van der Waals surface area contributed by atoms with E-state index < -0.39 is 25.8 Å². The lowest BCUT2D eigenvalue weighted by Crippen LogP contribution is -2.22. The lowest BCUT2D eigenvalue weighted by molar-refractivity contribution is -0.115. The summed E-state index contributed by atoms with van der Waals surface area (Å²) >= 11 is 1.11. The van der Waals surface area contributed by atoms with Gasteiger partial charge in [-0.25, -0.2) is 26.1 Å². The first-order chi connectivity index (χ1) is 14.5. The fraction of sp³-hybridized carbons (Fsp3) is 0.263. The minimum Gasteiger partial charge on any atom is -0.497 e. The number of hydrogen-bond acceptors (Lipinski definition) is 8. The second kappa shape index (κ2) is 8.91. The highest BCUT2D eigenvalue weighted by atomic mass is 32.2. The van der Waals surface area contributed by atoms with Crippen molar-refractivity contribution in [2.75, 3.05) is 32.3 Å². The number of sulfone groups is 1. The molecule has 0 aliphatic heterocycles. The zero-order valence-electron chi connectivity index (χ0n) is 17.0. The molecule has 0 bridgehead atoms. The van der Waals surface area contributed by atoms with Gasteiger partial charge in [-0.05, 0) is 42.5 Å². The van der Waals surface area contributed by atoms with Crippen LogP contribution in [0.5, 0.6) is 5.75 Å². The summed E-state index contributed by atoms with van der Waals surface area (Å²) in [7, 11) is -2.85. The number of aromatic nitrogens is 1. The molecule has 0 aliphatic carbocycles. The van der Waals surface area contributed by atoms with Crippen LogP contribution in [-0.2, 0) is 24.7 Å². The third-order valence-corrected chi connectivity index (χ3v) is 8.88. The molecule has 166 valence electrons.